The molecule has 1 heterocycles. The molecule has 1 aliphatic rings. The Balaban J connectivity index is 1.85. The minimum atomic E-state index is -1.58. The lowest BCUT2D eigenvalue weighted by Crippen LogP contribution is -2.64. The number of benzene rings is 3. The van der Waals surface area contributed by atoms with Crippen molar-refractivity contribution in [1.82, 2.24) is 5.32 Å². The number of para-hydroxylation sites is 1. The molecule has 0 saturated heterocycles. The number of hydrazone groups is 1. The van der Waals surface area contributed by atoms with Gasteiger partial charge in [-0.2, -0.15) is 10.1 Å². The maximum Gasteiger partial charge on any atom is 0.300 e. The predicted molar refractivity (Wildman–Crippen MR) is 147 cm³/mol. The molecule has 4 rings (SSSR count). The summed E-state index contributed by atoms with van der Waals surface area (Å²) in [6.45, 7) is 11.4. The van der Waals surface area contributed by atoms with Crippen molar-refractivity contribution in [2.45, 2.75) is 40.3 Å². The second kappa shape index (κ2) is 10.2. The normalized spacial score (nSPS) is 17.1. The Labute approximate surface area is 212 Å². The van der Waals surface area contributed by atoms with Crippen LogP contribution < -0.4 is 20.5 Å². The van der Waals surface area contributed by atoms with Gasteiger partial charge in [0, 0.05) is 37.0 Å². The van der Waals surface area contributed by atoms with Gasteiger partial charge < -0.3 is 15.5 Å². The summed E-state index contributed by atoms with van der Waals surface area (Å²) in [7, 11) is 0. The van der Waals surface area contributed by atoms with Gasteiger partial charge in [0.2, 0.25) is 11.6 Å². The number of hydrogen-bond donors (Lipinski definition) is 2. The molecule has 7 heteroatoms. The van der Waals surface area contributed by atoms with Crippen molar-refractivity contribution in [1.29, 1.82) is 0 Å². The number of aryl methyl sites for hydroxylation is 2. The second-order valence-corrected chi connectivity index (χ2v) is 8.99. The maximum atomic E-state index is 14.1. The van der Waals surface area contributed by atoms with E-state index < -0.39 is 5.66 Å². The van der Waals surface area contributed by atoms with Crippen molar-refractivity contribution in [3.05, 3.63) is 89.5 Å². The molecule has 0 bridgehead atoms. The van der Waals surface area contributed by atoms with Crippen LogP contribution in [0.5, 0.6) is 0 Å². The zero-order valence-corrected chi connectivity index (χ0v) is 21.5. The molecule has 2 N–H and O–H groups in total. The molecule has 7 nitrogen and oxygen atoms in total. The van der Waals surface area contributed by atoms with E-state index in [2.05, 4.69) is 29.4 Å². The second-order valence-electron chi connectivity index (χ2n) is 8.99. The summed E-state index contributed by atoms with van der Waals surface area (Å²) in [4.78, 5) is 28.9. The van der Waals surface area contributed by atoms with Crippen molar-refractivity contribution in [2.75, 3.05) is 28.3 Å². The van der Waals surface area contributed by atoms with Crippen LogP contribution in [-0.2, 0) is 9.59 Å². The molecular formula is C29H33N5O2. The van der Waals surface area contributed by atoms with Gasteiger partial charge in [-0.05, 0) is 69.7 Å². The molecule has 0 aliphatic carbocycles. The zero-order valence-electron chi connectivity index (χ0n) is 21.5. The zero-order chi connectivity index (χ0) is 25.9. The lowest BCUT2D eigenvalue weighted by molar-refractivity contribution is -0.127. The van der Waals surface area contributed by atoms with Crippen LogP contribution in [-0.4, -0.2) is 36.3 Å². The minimum Gasteiger partial charge on any atom is -0.372 e. The first-order chi connectivity index (χ1) is 17.3. The Hall–Kier alpha value is -4.13. The Morgan fingerprint density at radius 3 is 2.22 bits per heavy atom. The molecule has 3 aromatic rings. The molecule has 0 spiro atoms. The van der Waals surface area contributed by atoms with Crippen LogP contribution in [0, 0.1) is 13.8 Å². The molecule has 1 atom stereocenters. The van der Waals surface area contributed by atoms with Crippen molar-refractivity contribution in [3.8, 4) is 0 Å². The lowest BCUT2D eigenvalue weighted by atomic mass is 9.92. The van der Waals surface area contributed by atoms with Crippen molar-refractivity contribution in [2.24, 2.45) is 5.10 Å². The highest BCUT2D eigenvalue weighted by Gasteiger charge is 2.53. The van der Waals surface area contributed by atoms with Crippen LogP contribution in [0.1, 0.15) is 37.5 Å². The van der Waals surface area contributed by atoms with Gasteiger partial charge in [-0.25, -0.2) is 0 Å². The molecule has 1 unspecified atom stereocenters. The summed E-state index contributed by atoms with van der Waals surface area (Å²) in [6, 6.07) is 23.1. The number of amides is 2. The molecule has 0 saturated carbocycles. The third-order valence-electron chi connectivity index (χ3n) is 6.40. The predicted octanol–water partition coefficient (Wildman–Crippen LogP) is 4.85. The quantitative estimate of drug-likeness (QED) is 0.449. The van der Waals surface area contributed by atoms with Crippen molar-refractivity contribution in [3.63, 3.8) is 0 Å². The van der Waals surface area contributed by atoms with Gasteiger partial charge in [-0.3, -0.25) is 9.59 Å². The Kier molecular flexibility index (Phi) is 7.10. The third-order valence-corrected chi connectivity index (χ3v) is 6.40. The maximum absolute atomic E-state index is 14.1. The van der Waals surface area contributed by atoms with Gasteiger partial charge >= 0.3 is 5.91 Å². The fourth-order valence-electron chi connectivity index (χ4n) is 4.64. The Morgan fingerprint density at radius 2 is 1.64 bits per heavy atom. The van der Waals surface area contributed by atoms with Crippen LogP contribution in [0.3, 0.4) is 0 Å². The molecule has 0 radical (unpaired) electrons. The Bertz CT molecular complexity index is 1280. The fraction of sp³-hybridized carbons (Fsp3) is 0.276. The van der Waals surface area contributed by atoms with E-state index in [4.69, 9.17) is 5.10 Å². The molecule has 186 valence electrons. The van der Waals surface area contributed by atoms with Gasteiger partial charge in [-0.15, -0.1) is 0 Å². The summed E-state index contributed by atoms with van der Waals surface area (Å²) in [5.41, 5.74) is 4.11. The van der Waals surface area contributed by atoms with Gasteiger partial charge in [0.25, 0.3) is 0 Å². The largest absolute Gasteiger partial charge is 0.372 e. The number of nitrogens with zero attached hydrogens (tertiary/aromatic N) is 3. The first-order valence-electron chi connectivity index (χ1n) is 12.3. The van der Waals surface area contributed by atoms with Crippen molar-refractivity contribution >= 4 is 34.6 Å². The van der Waals surface area contributed by atoms with E-state index in [-0.39, 0.29) is 11.8 Å². The van der Waals surface area contributed by atoms with Gasteiger partial charge in [0.1, 0.15) is 5.71 Å². The van der Waals surface area contributed by atoms with E-state index in [0.29, 0.717) is 17.1 Å². The topological polar surface area (TPSA) is 77.0 Å². The van der Waals surface area contributed by atoms with Crippen LogP contribution in [0.4, 0.5) is 17.1 Å². The summed E-state index contributed by atoms with van der Waals surface area (Å²) in [5.74, 6) is -0.727. The highest BCUT2D eigenvalue weighted by Crippen LogP contribution is 2.33. The monoisotopic (exact) mass is 483 g/mol. The van der Waals surface area contributed by atoms with E-state index in [0.717, 1.165) is 35.5 Å². The van der Waals surface area contributed by atoms with E-state index in [1.54, 1.807) is 0 Å². The van der Waals surface area contributed by atoms with Crippen molar-refractivity contribution < 1.29 is 9.59 Å². The number of nitrogens with one attached hydrogen (secondary N) is 2. The summed E-state index contributed by atoms with van der Waals surface area (Å²) in [6.07, 6.45) is 0. The molecule has 3 aromatic carbocycles. The van der Waals surface area contributed by atoms with E-state index in [1.165, 1.54) is 11.9 Å². The number of hydrogen-bond acceptors (Lipinski definition) is 5. The number of carbonyl (C=O) groups is 2. The Morgan fingerprint density at radius 1 is 0.972 bits per heavy atom. The van der Waals surface area contributed by atoms with Gasteiger partial charge in [-0.1, -0.05) is 42.0 Å². The van der Waals surface area contributed by atoms with Gasteiger partial charge in [0.15, 0.2) is 0 Å². The lowest BCUT2D eigenvalue weighted by Gasteiger charge is -2.32. The van der Waals surface area contributed by atoms with Crippen LogP contribution >= 0.6 is 0 Å². The van der Waals surface area contributed by atoms with Crippen LogP contribution in [0.15, 0.2) is 77.9 Å². The molecule has 2 amide bonds. The molecule has 1 aliphatic heterocycles. The SMILES string of the molecule is CCN(CC)c1ccc(NC2(NC(C)=O)C(=O)N(c3ccccc3)N=C2c2ccc(C)cc2C)cc1. The minimum absolute atomic E-state index is 0.344. The average molecular weight is 484 g/mol. The first kappa shape index (κ1) is 25.0. The molecule has 0 fully saturated rings. The summed E-state index contributed by atoms with van der Waals surface area (Å²) >= 11 is 0. The van der Waals surface area contributed by atoms with E-state index >= 15 is 0 Å². The molecule has 36 heavy (non-hydrogen) atoms. The number of rotatable bonds is 8. The highest BCUT2D eigenvalue weighted by atomic mass is 16.2. The summed E-state index contributed by atoms with van der Waals surface area (Å²) in [5, 5.41) is 12.4. The highest BCUT2D eigenvalue weighted by molar-refractivity contribution is 6.31. The van der Waals surface area contributed by atoms with Crippen LogP contribution in [0.25, 0.3) is 0 Å². The standard InChI is InChI=1S/C29H33N5O2/c1-6-33(7-2)24-16-14-23(15-17-24)31-29(30-22(5)35)27(26-18-13-20(3)19-21(26)4)32-34(28(29)36)25-11-9-8-10-12-25/h8-19,31H,6-7H2,1-5H3,(H,30,35). The van der Waals surface area contributed by atoms with E-state index in [9.17, 15) is 9.59 Å². The number of anilines is 3. The third kappa shape index (κ3) is 4.69. The van der Waals surface area contributed by atoms with E-state index in [1.807, 2.05) is 86.6 Å². The summed E-state index contributed by atoms with van der Waals surface area (Å²) < 4.78 is 0. The number of carbonyl (C=O) groups excluding carboxylic acids is 2. The molecule has 0 aromatic heterocycles. The van der Waals surface area contributed by atoms with Gasteiger partial charge in [0.05, 0.1) is 5.69 Å². The smallest absolute Gasteiger partial charge is 0.300 e. The fourth-order valence-corrected chi connectivity index (χ4v) is 4.64. The van der Waals surface area contributed by atoms with Crippen LogP contribution in [0.2, 0.25) is 0 Å². The first-order valence-corrected chi connectivity index (χ1v) is 12.3. The molecular weight excluding hydrogens is 450 g/mol. The average Bonchev–Trinajstić information content (AvgIpc) is 3.12.